The van der Waals surface area contributed by atoms with E-state index in [1.165, 1.54) is 22.8 Å². The number of hydrogen-bond acceptors (Lipinski definition) is 6. The molecular formula is C15H22F3N5O3. The van der Waals surface area contributed by atoms with Crippen molar-refractivity contribution >= 4 is 17.6 Å². The lowest BCUT2D eigenvalue weighted by Gasteiger charge is -2.39. The zero-order valence-electron chi connectivity index (χ0n) is 15.0. The van der Waals surface area contributed by atoms with Gasteiger partial charge in [0, 0.05) is 20.1 Å². The molecule has 0 radical (unpaired) electrons. The first-order valence-corrected chi connectivity index (χ1v) is 8.07. The Bertz CT molecular complexity index is 668. The topological polar surface area (TPSA) is 88.8 Å². The van der Waals surface area contributed by atoms with Gasteiger partial charge in [0.25, 0.3) is 0 Å². The predicted octanol–water partition coefficient (Wildman–Crippen LogP) is 3.10. The summed E-state index contributed by atoms with van der Waals surface area (Å²) in [6, 6.07) is -0.806. The average molecular weight is 377 g/mol. The molecule has 0 aromatic carbocycles. The molecule has 1 amide bonds. The van der Waals surface area contributed by atoms with Gasteiger partial charge in [0.05, 0.1) is 18.2 Å². The number of nitroso groups, excluding NO2 is 1. The van der Waals surface area contributed by atoms with Crippen LogP contribution >= 0.6 is 0 Å². The molecule has 1 saturated heterocycles. The molecule has 26 heavy (non-hydrogen) atoms. The van der Waals surface area contributed by atoms with Crippen molar-refractivity contribution < 1.29 is 22.7 Å². The van der Waals surface area contributed by atoms with E-state index in [9.17, 15) is 22.9 Å². The van der Waals surface area contributed by atoms with Crippen molar-refractivity contribution in [1.82, 2.24) is 15.1 Å². The van der Waals surface area contributed by atoms with Crippen molar-refractivity contribution in [1.29, 1.82) is 0 Å². The van der Waals surface area contributed by atoms with Gasteiger partial charge in [-0.05, 0) is 32.4 Å². The highest BCUT2D eigenvalue weighted by Gasteiger charge is 2.46. The highest BCUT2D eigenvalue weighted by atomic mass is 19.4. The average Bonchev–Trinajstić information content (AvgIpc) is 2.84. The largest absolute Gasteiger partial charge is 0.444 e. The second kappa shape index (κ2) is 7.12. The Balaban J connectivity index is 2.23. The van der Waals surface area contributed by atoms with Crippen LogP contribution in [0, 0.1) is 10.8 Å². The number of aromatic nitrogens is 2. The third-order valence-electron chi connectivity index (χ3n) is 3.92. The van der Waals surface area contributed by atoms with Crippen LogP contribution in [0.4, 0.5) is 29.5 Å². The van der Waals surface area contributed by atoms with Crippen LogP contribution in [0.1, 0.15) is 27.2 Å². The molecule has 146 valence electrons. The molecule has 11 heteroatoms. The third-order valence-corrected chi connectivity index (χ3v) is 3.92. The molecule has 0 aliphatic carbocycles. The smallest absolute Gasteiger partial charge is 0.407 e. The van der Waals surface area contributed by atoms with Gasteiger partial charge in [0.15, 0.2) is 11.5 Å². The first-order valence-electron chi connectivity index (χ1n) is 8.07. The van der Waals surface area contributed by atoms with Crippen LogP contribution < -0.4 is 10.2 Å². The first kappa shape index (κ1) is 20.0. The molecule has 1 aliphatic heterocycles. The Labute approximate surface area is 148 Å². The standard InChI is InChI=1S/C15H22F3N5O3/c1-14(2,3)26-13(24)20-10-5-9(15(16,17)18)7-23(8-10)12-11(21-25)6-19-22(12)4/h6,9-10H,5,7-8H2,1-4H3,(H,20,24)/t9-,10+/m1/s1. The van der Waals surface area contributed by atoms with Crippen LogP contribution in [-0.2, 0) is 11.8 Å². The number of aryl methyl sites for hydroxylation is 1. The molecule has 2 atom stereocenters. The van der Waals surface area contributed by atoms with E-state index in [-0.39, 0.29) is 31.0 Å². The number of rotatable bonds is 3. The Morgan fingerprint density at radius 2 is 2.00 bits per heavy atom. The third kappa shape index (κ3) is 4.85. The number of ether oxygens (including phenoxy) is 1. The maximum absolute atomic E-state index is 13.3. The molecule has 0 bridgehead atoms. The van der Waals surface area contributed by atoms with Gasteiger partial charge in [-0.25, -0.2) is 4.79 Å². The number of carbonyl (C=O) groups excluding carboxylic acids is 1. The highest BCUT2D eigenvalue weighted by Crippen LogP contribution is 2.37. The number of piperidine rings is 1. The number of hydrogen-bond donors (Lipinski definition) is 1. The summed E-state index contributed by atoms with van der Waals surface area (Å²) in [5, 5.41) is 9.18. The van der Waals surface area contributed by atoms with Gasteiger partial charge in [-0.15, -0.1) is 4.91 Å². The van der Waals surface area contributed by atoms with Crippen molar-refractivity contribution in [3.8, 4) is 0 Å². The molecule has 0 spiro atoms. The van der Waals surface area contributed by atoms with Crippen LogP contribution in [0.2, 0.25) is 0 Å². The normalized spacial score (nSPS) is 21.4. The van der Waals surface area contributed by atoms with E-state index in [2.05, 4.69) is 15.6 Å². The van der Waals surface area contributed by atoms with Gasteiger partial charge in [0.2, 0.25) is 0 Å². The van der Waals surface area contributed by atoms with Crippen molar-refractivity contribution in [2.45, 2.75) is 45.0 Å². The maximum atomic E-state index is 13.3. The molecule has 2 heterocycles. The zero-order chi connectivity index (χ0) is 19.7. The van der Waals surface area contributed by atoms with Crippen LogP contribution in [0.5, 0.6) is 0 Å². The van der Waals surface area contributed by atoms with Crippen molar-refractivity contribution in [2.24, 2.45) is 18.1 Å². The summed E-state index contributed by atoms with van der Waals surface area (Å²) in [4.78, 5) is 24.3. The fourth-order valence-electron chi connectivity index (χ4n) is 2.94. The number of anilines is 1. The Hall–Kier alpha value is -2.33. The summed E-state index contributed by atoms with van der Waals surface area (Å²) in [5.41, 5.74) is -0.815. The summed E-state index contributed by atoms with van der Waals surface area (Å²) in [6.45, 7) is 4.72. The molecule has 2 rings (SSSR count). The van der Waals surface area contributed by atoms with Crippen LogP contribution in [0.3, 0.4) is 0 Å². The number of alkyl carbamates (subject to hydrolysis) is 1. The van der Waals surface area contributed by atoms with E-state index in [1.807, 2.05) is 0 Å². The molecule has 1 aromatic heterocycles. The van der Waals surface area contributed by atoms with E-state index < -0.39 is 29.8 Å². The molecule has 1 aliphatic rings. The molecule has 1 aromatic rings. The second-order valence-electron chi connectivity index (χ2n) is 7.29. The monoisotopic (exact) mass is 377 g/mol. The fraction of sp³-hybridized carbons (Fsp3) is 0.733. The van der Waals surface area contributed by atoms with Gasteiger partial charge in [-0.3, -0.25) is 4.68 Å². The lowest BCUT2D eigenvalue weighted by Crippen LogP contribution is -2.54. The van der Waals surface area contributed by atoms with Gasteiger partial charge in [-0.2, -0.15) is 18.3 Å². The first-order chi connectivity index (χ1) is 11.9. The van der Waals surface area contributed by atoms with E-state index in [4.69, 9.17) is 4.74 Å². The number of alkyl halides is 3. The SMILES string of the molecule is Cn1ncc(N=O)c1N1C[C@@H](NC(=O)OC(C)(C)C)C[C@@H](C(F)(F)F)C1. The molecule has 1 N–H and O–H groups in total. The van der Waals surface area contributed by atoms with E-state index in [1.54, 1.807) is 20.8 Å². The van der Waals surface area contributed by atoms with Crippen LogP contribution in [-0.4, -0.2) is 46.8 Å². The van der Waals surface area contributed by atoms with Crippen molar-refractivity contribution in [3.63, 3.8) is 0 Å². The van der Waals surface area contributed by atoms with Gasteiger partial charge in [0.1, 0.15) is 5.60 Å². The maximum Gasteiger partial charge on any atom is 0.407 e. The molecule has 0 saturated carbocycles. The minimum Gasteiger partial charge on any atom is -0.444 e. The van der Waals surface area contributed by atoms with Crippen LogP contribution in [0.15, 0.2) is 11.4 Å². The number of nitrogens with one attached hydrogen (secondary N) is 1. The van der Waals surface area contributed by atoms with Crippen molar-refractivity contribution in [2.75, 3.05) is 18.0 Å². The number of carbonyl (C=O) groups is 1. The highest BCUT2D eigenvalue weighted by molar-refractivity contribution is 5.68. The summed E-state index contributed by atoms with van der Waals surface area (Å²) in [5.74, 6) is -1.49. The van der Waals surface area contributed by atoms with Gasteiger partial charge < -0.3 is 15.0 Å². The van der Waals surface area contributed by atoms with Crippen LogP contribution in [0.25, 0.3) is 0 Å². The lowest BCUT2D eigenvalue weighted by molar-refractivity contribution is -0.177. The Kier molecular flexibility index (Phi) is 5.47. The quantitative estimate of drug-likeness (QED) is 0.818. The molecule has 8 nitrogen and oxygen atoms in total. The van der Waals surface area contributed by atoms with E-state index in [0.29, 0.717) is 0 Å². The number of halogens is 3. The molecular weight excluding hydrogens is 355 g/mol. The Morgan fingerprint density at radius 3 is 2.54 bits per heavy atom. The summed E-state index contributed by atoms with van der Waals surface area (Å²) in [7, 11) is 1.51. The minimum absolute atomic E-state index is 0.0497. The Morgan fingerprint density at radius 1 is 1.35 bits per heavy atom. The lowest BCUT2D eigenvalue weighted by atomic mass is 9.93. The predicted molar refractivity (Wildman–Crippen MR) is 88.2 cm³/mol. The summed E-state index contributed by atoms with van der Waals surface area (Å²) in [6.07, 6.45) is -4.32. The summed E-state index contributed by atoms with van der Waals surface area (Å²) >= 11 is 0. The fourth-order valence-corrected chi connectivity index (χ4v) is 2.94. The van der Waals surface area contributed by atoms with Crippen molar-refractivity contribution in [3.05, 3.63) is 11.1 Å². The van der Waals surface area contributed by atoms with E-state index in [0.717, 1.165) is 0 Å². The van der Waals surface area contributed by atoms with Gasteiger partial charge in [-0.1, -0.05) is 0 Å². The van der Waals surface area contributed by atoms with E-state index >= 15 is 0 Å². The van der Waals surface area contributed by atoms with Gasteiger partial charge >= 0.3 is 12.3 Å². The summed E-state index contributed by atoms with van der Waals surface area (Å²) < 4.78 is 46.4. The zero-order valence-corrected chi connectivity index (χ0v) is 15.0. The second-order valence-corrected chi connectivity index (χ2v) is 7.29. The number of amides is 1. The molecule has 1 fully saturated rings. The number of nitrogens with zero attached hydrogens (tertiary/aromatic N) is 4. The minimum atomic E-state index is -4.44. The molecule has 0 unspecified atom stereocenters.